The van der Waals surface area contributed by atoms with E-state index in [1.165, 1.54) is 6.08 Å². The third-order valence-electron chi connectivity index (χ3n) is 2.76. The molecular weight excluding hydrogens is 238 g/mol. The van der Waals surface area contributed by atoms with Crippen LogP contribution in [0.25, 0.3) is 0 Å². The molecule has 2 atom stereocenters. The van der Waals surface area contributed by atoms with Crippen molar-refractivity contribution in [1.82, 2.24) is 5.32 Å². The molecule has 0 bridgehead atoms. The van der Waals surface area contributed by atoms with Crippen LogP contribution < -0.4 is 5.32 Å². The number of alkyl carbamates (subject to hydrolysis) is 1. The van der Waals surface area contributed by atoms with E-state index in [1.807, 2.05) is 0 Å². The number of aliphatic carboxylic acids is 1. The first-order valence-electron chi connectivity index (χ1n) is 6.01. The molecule has 1 fully saturated rings. The zero-order chi connectivity index (χ0) is 13.4. The second-order valence-electron chi connectivity index (χ2n) is 4.17. The normalized spacial score (nSPS) is 23.1. The van der Waals surface area contributed by atoms with Gasteiger partial charge in [-0.05, 0) is 12.8 Å². The maximum Gasteiger partial charge on any atom is 0.407 e. The van der Waals surface area contributed by atoms with Crippen molar-refractivity contribution >= 4 is 12.1 Å². The van der Waals surface area contributed by atoms with E-state index in [4.69, 9.17) is 14.6 Å². The van der Waals surface area contributed by atoms with Gasteiger partial charge in [-0.2, -0.15) is 0 Å². The van der Waals surface area contributed by atoms with Gasteiger partial charge in [0.25, 0.3) is 0 Å². The molecule has 2 N–H and O–H groups in total. The van der Waals surface area contributed by atoms with Gasteiger partial charge in [-0.1, -0.05) is 25.5 Å². The van der Waals surface area contributed by atoms with E-state index in [1.54, 1.807) is 0 Å². The molecular formula is C12H19NO5. The van der Waals surface area contributed by atoms with Crippen LogP contribution >= 0.6 is 0 Å². The van der Waals surface area contributed by atoms with E-state index < -0.39 is 12.1 Å². The fourth-order valence-corrected chi connectivity index (χ4v) is 1.97. The number of nitrogens with one attached hydrogen (secondary N) is 1. The molecule has 0 radical (unpaired) electrons. The fourth-order valence-electron chi connectivity index (χ4n) is 1.97. The lowest BCUT2D eigenvalue weighted by Crippen LogP contribution is -2.47. The Kier molecular flexibility index (Phi) is 6.21. The summed E-state index contributed by atoms with van der Waals surface area (Å²) in [5.41, 5.74) is 0. The molecule has 6 nitrogen and oxygen atoms in total. The Balaban J connectivity index is 2.40. The summed E-state index contributed by atoms with van der Waals surface area (Å²) in [6.45, 7) is 3.26. The summed E-state index contributed by atoms with van der Waals surface area (Å²) < 4.78 is 10.1. The molecule has 0 aliphatic heterocycles. The van der Waals surface area contributed by atoms with Crippen LogP contribution in [0, 0.1) is 0 Å². The highest BCUT2D eigenvalue weighted by atomic mass is 16.5. The molecule has 0 aromatic heterocycles. The summed E-state index contributed by atoms with van der Waals surface area (Å²) in [5.74, 6) is -1.01. The highest BCUT2D eigenvalue weighted by Crippen LogP contribution is 2.21. The zero-order valence-electron chi connectivity index (χ0n) is 10.3. The number of rotatable bonds is 6. The predicted octanol–water partition coefficient (Wildman–Crippen LogP) is 1.31. The number of hydrogen-bond donors (Lipinski definition) is 2. The van der Waals surface area contributed by atoms with Crippen LogP contribution in [0.5, 0.6) is 0 Å². The van der Waals surface area contributed by atoms with Gasteiger partial charge in [-0.25, -0.2) is 9.59 Å². The van der Waals surface area contributed by atoms with Crippen molar-refractivity contribution in [3.8, 4) is 0 Å². The number of ether oxygens (including phenoxy) is 2. The van der Waals surface area contributed by atoms with Crippen LogP contribution in [0.15, 0.2) is 12.7 Å². The number of carboxylic acid groups (broad SMARTS) is 1. The van der Waals surface area contributed by atoms with E-state index in [0.717, 1.165) is 25.7 Å². The smallest absolute Gasteiger partial charge is 0.407 e. The van der Waals surface area contributed by atoms with Crippen LogP contribution in [0.1, 0.15) is 25.7 Å². The number of amides is 1. The van der Waals surface area contributed by atoms with Gasteiger partial charge in [0.2, 0.25) is 0 Å². The Bertz CT molecular complexity index is 305. The molecule has 0 spiro atoms. The van der Waals surface area contributed by atoms with Crippen molar-refractivity contribution in [1.29, 1.82) is 0 Å². The third kappa shape index (κ3) is 5.18. The standard InChI is InChI=1S/C12H19NO5/c1-2-7-17-12(16)13-9-5-3-4-6-10(9)18-8-11(14)15/h2,9-10H,1,3-8H2,(H,13,16)(H,14,15)/t9-,10-/m0/s1. The maximum absolute atomic E-state index is 11.4. The summed E-state index contributed by atoms with van der Waals surface area (Å²) in [4.78, 5) is 21.9. The molecule has 0 aromatic carbocycles. The largest absolute Gasteiger partial charge is 0.480 e. The lowest BCUT2D eigenvalue weighted by molar-refractivity contribution is -0.145. The minimum absolute atomic E-state index is 0.152. The topological polar surface area (TPSA) is 84.9 Å². The molecule has 6 heteroatoms. The van der Waals surface area contributed by atoms with E-state index in [2.05, 4.69) is 11.9 Å². The first-order chi connectivity index (χ1) is 8.63. The van der Waals surface area contributed by atoms with Gasteiger partial charge >= 0.3 is 12.1 Å². The second-order valence-corrected chi connectivity index (χ2v) is 4.17. The first-order valence-corrected chi connectivity index (χ1v) is 6.01. The van der Waals surface area contributed by atoms with Crippen molar-refractivity contribution in [2.24, 2.45) is 0 Å². The summed E-state index contributed by atoms with van der Waals surface area (Å²) in [6, 6.07) is -0.185. The molecule has 0 aromatic rings. The van der Waals surface area contributed by atoms with Crippen LogP contribution in [-0.4, -0.2) is 42.5 Å². The number of carboxylic acids is 1. The second kappa shape index (κ2) is 7.71. The van der Waals surface area contributed by atoms with Crippen LogP contribution in [-0.2, 0) is 14.3 Å². The fraction of sp³-hybridized carbons (Fsp3) is 0.667. The summed E-state index contributed by atoms with van der Waals surface area (Å²) in [5, 5.41) is 11.3. The molecule has 18 heavy (non-hydrogen) atoms. The molecule has 102 valence electrons. The first kappa shape index (κ1) is 14.5. The minimum atomic E-state index is -1.01. The van der Waals surface area contributed by atoms with Crippen molar-refractivity contribution in [3.05, 3.63) is 12.7 Å². The average molecular weight is 257 g/mol. The molecule has 1 rings (SSSR count). The Labute approximate surface area is 106 Å². The lowest BCUT2D eigenvalue weighted by Gasteiger charge is -2.31. The molecule has 1 amide bonds. The summed E-state index contributed by atoms with van der Waals surface area (Å²) in [7, 11) is 0. The lowest BCUT2D eigenvalue weighted by atomic mass is 9.92. The van der Waals surface area contributed by atoms with E-state index in [-0.39, 0.29) is 25.4 Å². The molecule has 0 unspecified atom stereocenters. The van der Waals surface area contributed by atoms with Crippen molar-refractivity contribution in [2.45, 2.75) is 37.8 Å². The van der Waals surface area contributed by atoms with Crippen LogP contribution in [0.3, 0.4) is 0 Å². The Morgan fingerprint density at radius 3 is 2.78 bits per heavy atom. The summed E-state index contributed by atoms with van der Waals surface area (Å²) in [6.07, 6.45) is 4.19. The van der Waals surface area contributed by atoms with Gasteiger partial charge in [0.1, 0.15) is 13.2 Å². The number of carbonyl (C=O) groups is 2. The van der Waals surface area contributed by atoms with Gasteiger partial charge in [-0.15, -0.1) is 0 Å². The molecule has 0 heterocycles. The van der Waals surface area contributed by atoms with Gasteiger partial charge < -0.3 is 19.9 Å². The summed E-state index contributed by atoms with van der Waals surface area (Å²) >= 11 is 0. The quantitative estimate of drug-likeness (QED) is 0.701. The van der Waals surface area contributed by atoms with E-state index >= 15 is 0 Å². The Morgan fingerprint density at radius 1 is 1.39 bits per heavy atom. The van der Waals surface area contributed by atoms with Crippen LogP contribution in [0.4, 0.5) is 4.79 Å². The Hall–Kier alpha value is -1.56. The zero-order valence-corrected chi connectivity index (χ0v) is 10.3. The van der Waals surface area contributed by atoms with E-state index in [0.29, 0.717) is 0 Å². The van der Waals surface area contributed by atoms with Gasteiger partial charge in [0.05, 0.1) is 12.1 Å². The monoisotopic (exact) mass is 257 g/mol. The van der Waals surface area contributed by atoms with Crippen molar-refractivity contribution in [3.63, 3.8) is 0 Å². The molecule has 1 saturated carbocycles. The number of hydrogen-bond acceptors (Lipinski definition) is 4. The predicted molar refractivity (Wildman–Crippen MR) is 64.3 cm³/mol. The Morgan fingerprint density at radius 2 is 2.11 bits per heavy atom. The molecule has 1 aliphatic carbocycles. The maximum atomic E-state index is 11.4. The van der Waals surface area contributed by atoms with Crippen LogP contribution in [0.2, 0.25) is 0 Å². The van der Waals surface area contributed by atoms with E-state index in [9.17, 15) is 9.59 Å². The third-order valence-corrected chi connectivity index (χ3v) is 2.76. The molecule has 1 aliphatic rings. The minimum Gasteiger partial charge on any atom is -0.480 e. The number of carbonyl (C=O) groups excluding carboxylic acids is 1. The van der Waals surface area contributed by atoms with Gasteiger partial charge in [0, 0.05) is 0 Å². The highest BCUT2D eigenvalue weighted by Gasteiger charge is 2.28. The average Bonchev–Trinajstić information content (AvgIpc) is 2.35. The van der Waals surface area contributed by atoms with Gasteiger partial charge in [0.15, 0.2) is 0 Å². The van der Waals surface area contributed by atoms with Gasteiger partial charge in [-0.3, -0.25) is 0 Å². The molecule has 0 saturated heterocycles. The van der Waals surface area contributed by atoms with Crippen molar-refractivity contribution in [2.75, 3.05) is 13.2 Å². The highest BCUT2D eigenvalue weighted by molar-refractivity contribution is 5.68. The van der Waals surface area contributed by atoms with Crippen molar-refractivity contribution < 1.29 is 24.2 Å². The SMILES string of the molecule is C=CCOC(=O)N[C@H]1CCCC[C@@H]1OCC(=O)O.